The number of rotatable bonds is 3. The van der Waals surface area contributed by atoms with E-state index in [1.54, 1.807) is 0 Å². The van der Waals surface area contributed by atoms with Crippen LogP contribution in [0.3, 0.4) is 0 Å². The van der Waals surface area contributed by atoms with Crippen LogP contribution in [0.2, 0.25) is 0 Å². The number of hydrogen-bond donors (Lipinski definition) is 2. The molecule has 4 nitrogen and oxygen atoms in total. The monoisotopic (exact) mass is 267 g/mol. The van der Waals surface area contributed by atoms with Gasteiger partial charge in [-0.25, -0.2) is 0 Å². The van der Waals surface area contributed by atoms with E-state index < -0.39 is 0 Å². The molecule has 19 heavy (non-hydrogen) atoms. The predicted octanol–water partition coefficient (Wildman–Crippen LogP) is 1.37. The van der Waals surface area contributed by atoms with Gasteiger partial charge in [0.2, 0.25) is 5.91 Å². The fourth-order valence-corrected chi connectivity index (χ4v) is 3.38. The molecule has 0 aromatic rings. The fourth-order valence-electron chi connectivity index (χ4n) is 3.38. The van der Waals surface area contributed by atoms with Gasteiger partial charge in [0, 0.05) is 25.2 Å². The third kappa shape index (κ3) is 3.29. The van der Waals surface area contributed by atoms with Crippen LogP contribution in [0.4, 0.5) is 0 Å². The molecule has 0 radical (unpaired) electrons. The lowest BCUT2D eigenvalue weighted by Gasteiger charge is -2.40. The van der Waals surface area contributed by atoms with Gasteiger partial charge in [0.05, 0.1) is 5.41 Å². The summed E-state index contributed by atoms with van der Waals surface area (Å²) in [5.41, 5.74) is -0.162. The van der Waals surface area contributed by atoms with E-state index in [-0.39, 0.29) is 11.3 Å². The van der Waals surface area contributed by atoms with Crippen LogP contribution in [0.1, 0.15) is 46.0 Å². The van der Waals surface area contributed by atoms with Gasteiger partial charge in [-0.3, -0.25) is 4.79 Å². The molecule has 2 rings (SSSR count). The second-order valence-corrected chi connectivity index (χ2v) is 6.44. The molecule has 2 N–H and O–H groups in total. The molecular formula is C15H29N3O. The maximum absolute atomic E-state index is 12.6. The number of piperidine rings is 2. The number of nitrogens with zero attached hydrogens (tertiary/aromatic N) is 1. The highest BCUT2D eigenvalue weighted by molar-refractivity contribution is 5.83. The summed E-state index contributed by atoms with van der Waals surface area (Å²) < 4.78 is 0. The Morgan fingerprint density at radius 3 is 2.89 bits per heavy atom. The summed E-state index contributed by atoms with van der Waals surface area (Å²) in [6.07, 6.45) is 5.25. The minimum absolute atomic E-state index is 0.162. The Kier molecular flexibility index (Phi) is 4.85. The van der Waals surface area contributed by atoms with E-state index in [1.165, 1.54) is 0 Å². The standard InChI is InChI=1S/C15H29N3O/c1-4-15(7-5-8-16-11-15)14(19)17-13-6-9-18(3)12(2)10-13/h12-13,16H,4-11H2,1-3H3,(H,17,19). The van der Waals surface area contributed by atoms with Crippen LogP contribution in [-0.2, 0) is 4.79 Å². The van der Waals surface area contributed by atoms with Crippen LogP contribution >= 0.6 is 0 Å². The first-order chi connectivity index (χ1) is 9.07. The second-order valence-electron chi connectivity index (χ2n) is 6.44. The van der Waals surface area contributed by atoms with E-state index in [2.05, 4.69) is 36.4 Å². The number of nitrogens with one attached hydrogen (secondary N) is 2. The number of amides is 1. The highest BCUT2D eigenvalue weighted by atomic mass is 16.2. The van der Waals surface area contributed by atoms with E-state index in [0.29, 0.717) is 12.1 Å². The Morgan fingerprint density at radius 1 is 1.53 bits per heavy atom. The Morgan fingerprint density at radius 2 is 2.32 bits per heavy atom. The van der Waals surface area contributed by atoms with Gasteiger partial charge < -0.3 is 15.5 Å². The first kappa shape index (κ1) is 14.8. The predicted molar refractivity (Wildman–Crippen MR) is 78.1 cm³/mol. The van der Waals surface area contributed by atoms with Crippen molar-refractivity contribution in [2.24, 2.45) is 5.41 Å². The molecule has 0 aromatic heterocycles. The van der Waals surface area contributed by atoms with Crippen LogP contribution in [-0.4, -0.2) is 49.6 Å². The van der Waals surface area contributed by atoms with Crippen molar-refractivity contribution >= 4 is 5.91 Å². The van der Waals surface area contributed by atoms with E-state index >= 15 is 0 Å². The molecule has 2 aliphatic rings. The SMILES string of the molecule is CCC1(C(=O)NC2CCN(C)C(C)C2)CCCNC1. The Labute approximate surface area is 117 Å². The molecule has 0 saturated carbocycles. The number of hydrogen-bond acceptors (Lipinski definition) is 3. The Bertz CT molecular complexity index is 313. The maximum Gasteiger partial charge on any atom is 0.227 e. The molecule has 3 unspecified atom stereocenters. The Balaban J connectivity index is 1.92. The molecule has 4 heteroatoms. The van der Waals surface area contributed by atoms with Gasteiger partial charge >= 0.3 is 0 Å². The molecule has 2 saturated heterocycles. The van der Waals surface area contributed by atoms with Crippen LogP contribution in [0.15, 0.2) is 0 Å². The molecule has 0 spiro atoms. The number of carbonyl (C=O) groups excluding carboxylic acids is 1. The van der Waals surface area contributed by atoms with Gasteiger partial charge in [-0.1, -0.05) is 6.92 Å². The summed E-state index contributed by atoms with van der Waals surface area (Å²) in [4.78, 5) is 15.0. The summed E-state index contributed by atoms with van der Waals surface area (Å²) in [5.74, 6) is 0.281. The minimum atomic E-state index is -0.162. The molecule has 110 valence electrons. The first-order valence-electron chi connectivity index (χ1n) is 7.79. The van der Waals surface area contributed by atoms with Crippen molar-refractivity contribution in [1.82, 2.24) is 15.5 Å². The topological polar surface area (TPSA) is 44.4 Å². The fraction of sp³-hybridized carbons (Fsp3) is 0.933. The molecule has 0 aliphatic carbocycles. The summed E-state index contributed by atoms with van der Waals surface area (Å²) in [7, 11) is 2.17. The third-order valence-corrected chi connectivity index (χ3v) is 5.17. The highest BCUT2D eigenvalue weighted by Gasteiger charge is 2.39. The van der Waals surface area contributed by atoms with Crippen LogP contribution < -0.4 is 10.6 Å². The van der Waals surface area contributed by atoms with Crippen molar-refractivity contribution < 1.29 is 4.79 Å². The first-order valence-corrected chi connectivity index (χ1v) is 7.79. The summed E-state index contributed by atoms with van der Waals surface area (Å²) in [5, 5.41) is 6.72. The lowest BCUT2D eigenvalue weighted by Crippen LogP contribution is -2.55. The van der Waals surface area contributed by atoms with Gasteiger partial charge in [0.15, 0.2) is 0 Å². The summed E-state index contributed by atoms with van der Waals surface area (Å²) in [6.45, 7) is 7.38. The van der Waals surface area contributed by atoms with E-state index in [1.807, 2.05) is 0 Å². The van der Waals surface area contributed by atoms with E-state index in [9.17, 15) is 4.79 Å². The maximum atomic E-state index is 12.6. The summed E-state index contributed by atoms with van der Waals surface area (Å²) in [6, 6.07) is 0.935. The lowest BCUT2D eigenvalue weighted by molar-refractivity contribution is -0.133. The van der Waals surface area contributed by atoms with Crippen molar-refractivity contribution in [3.05, 3.63) is 0 Å². The van der Waals surface area contributed by atoms with E-state index in [0.717, 1.165) is 51.7 Å². The van der Waals surface area contributed by atoms with Crippen LogP contribution in [0.25, 0.3) is 0 Å². The number of likely N-dealkylation sites (tertiary alicyclic amines) is 1. The molecule has 2 fully saturated rings. The third-order valence-electron chi connectivity index (χ3n) is 5.17. The van der Waals surface area contributed by atoms with Gasteiger partial charge in [-0.05, 0) is 52.6 Å². The quantitative estimate of drug-likeness (QED) is 0.811. The molecule has 0 bridgehead atoms. The van der Waals surface area contributed by atoms with Crippen LogP contribution in [0, 0.1) is 5.41 Å². The molecule has 2 heterocycles. The van der Waals surface area contributed by atoms with E-state index in [4.69, 9.17) is 0 Å². The zero-order valence-corrected chi connectivity index (χ0v) is 12.7. The average molecular weight is 267 g/mol. The van der Waals surface area contributed by atoms with Crippen LogP contribution in [0.5, 0.6) is 0 Å². The zero-order chi connectivity index (χ0) is 13.9. The average Bonchev–Trinajstić information content (AvgIpc) is 2.43. The van der Waals surface area contributed by atoms with Gasteiger partial charge in [-0.15, -0.1) is 0 Å². The van der Waals surface area contributed by atoms with Crippen molar-refractivity contribution in [2.75, 3.05) is 26.7 Å². The molecular weight excluding hydrogens is 238 g/mol. The van der Waals surface area contributed by atoms with Crippen molar-refractivity contribution in [2.45, 2.75) is 58.0 Å². The molecule has 2 aliphatic heterocycles. The lowest BCUT2D eigenvalue weighted by atomic mass is 9.77. The van der Waals surface area contributed by atoms with Crippen molar-refractivity contribution in [3.63, 3.8) is 0 Å². The normalized spacial score (nSPS) is 37.0. The van der Waals surface area contributed by atoms with Gasteiger partial charge in [0.1, 0.15) is 0 Å². The second kappa shape index (κ2) is 6.23. The van der Waals surface area contributed by atoms with Gasteiger partial charge in [0.25, 0.3) is 0 Å². The highest BCUT2D eigenvalue weighted by Crippen LogP contribution is 2.31. The largest absolute Gasteiger partial charge is 0.353 e. The van der Waals surface area contributed by atoms with Crippen molar-refractivity contribution in [3.8, 4) is 0 Å². The zero-order valence-electron chi connectivity index (χ0n) is 12.7. The number of carbonyl (C=O) groups is 1. The van der Waals surface area contributed by atoms with Crippen molar-refractivity contribution in [1.29, 1.82) is 0 Å². The molecule has 1 amide bonds. The summed E-state index contributed by atoms with van der Waals surface area (Å²) >= 11 is 0. The molecule has 0 aromatic carbocycles. The smallest absolute Gasteiger partial charge is 0.227 e. The minimum Gasteiger partial charge on any atom is -0.353 e. The molecule has 3 atom stereocenters. The Hall–Kier alpha value is -0.610. The van der Waals surface area contributed by atoms with Gasteiger partial charge in [-0.2, -0.15) is 0 Å².